The Hall–Kier alpha value is -0.660. The minimum absolute atomic E-state index is 0.100. The van der Waals surface area contributed by atoms with Crippen LogP contribution in [-0.2, 0) is 9.59 Å². The van der Waals surface area contributed by atoms with Crippen LogP contribution in [0.25, 0.3) is 0 Å². The molecular formula is C16H16O2. The molecule has 2 heteroatoms. The van der Waals surface area contributed by atoms with E-state index >= 15 is 0 Å². The molecule has 92 valence electrons. The van der Waals surface area contributed by atoms with Crippen LogP contribution in [0.15, 0.2) is 0 Å². The first kappa shape index (κ1) is 8.50. The molecule has 8 saturated carbocycles. The number of carbonyl (C=O) groups excluding carboxylic acids is 2. The van der Waals surface area contributed by atoms with E-state index in [4.69, 9.17) is 0 Å². The SMILES string of the molecule is O=C1C(=O)C2[C@@H]3C4C5[C@H](C1[C@H]4[C@H]1C[C@H]31)[C@H]1C[C@H]1[C@@H]25. The molecule has 8 bridgehead atoms. The maximum absolute atomic E-state index is 12.6. The van der Waals surface area contributed by atoms with E-state index in [1.54, 1.807) is 0 Å². The van der Waals surface area contributed by atoms with Crippen molar-refractivity contribution in [2.45, 2.75) is 12.8 Å². The minimum atomic E-state index is 0.100. The molecule has 0 heterocycles. The van der Waals surface area contributed by atoms with Gasteiger partial charge in [-0.3, -0.25) is 9.59 Å². The molecule has 0 aliphatic heterocycles. The van der Waals surface area contributed by atoms with E-state index in [9.17, 15) is 9.59 Å². The van der Waals surface area contributed by atoms with Gasteiger partial charge in [-0.2, -0.15) is 0 Å². The van der Waals surface area contributed by atoms with E-state index in [1.165, 1.54) is 12.8 Å². The van der Waals surface area contributed by atoms with Crippen molar-refractivity contribution in [2.24, 2.45) is 71.0 Å². The van der Waals surface area contributed by atoms with Gasteiger partial charge in [0.1, 0.15) is 0 Å². The maximum Gasteiger partial charge on any atom is 0.202 e. The monoisotopic (exact) mass is 240 g/mol. The Labute approximate surface area is 105 Å². The highest BCUT2D eigenvalue weighted by atomic mass is 16.2. The van der Waals surface area contributed by atoms with Crippen LogP contribution in [0.5, 0.6) is 0 Å². The number of Topliss-reactive ketones (excluding diaryl/α,β-unsaturated/α-hetero) is 2. The zero-order valence-corrected chi connectivity index (χ0v) is 10.2. The molecular weight excluding hydrogens is 224 g/mol. The average molecular weight is 240 g/mol. The summed E-state index contributed by atoms with van der Waals surface area (Å²) >= 11 is 0. The van der Waals surface area contributed by atoms with Crippen LogP contribution in [-0.4, -0.2) is 11.6 Å². The summed E-state index contributed by atoms with van der Waals surface area (Å²) in [6.07, 6.45) is 2.72. The minimum Gasteiger partial charge on any atom is -0.291 e. The summed E-state index contributed by atoms with van der Waals surface area (Å²) in [6, 6.07) is 0. The zero-order valence-electron chi connectivity index (χ0n) is 10.2. The lowest BCUT2D eigenvalue weighted by atomic mass is 9.77. The van der Waals surface area contributed by atoms with Gasteiger partial charge in [-0.25, -0.2) is 0 Å². The van der Waals surface area contributed by atoms with E-state index in [1.807, 2.05) is 0 Å². The Bertz CT molecular complexity index is 483. The van der Waals surface area contributed by atoms with Crippen LogP contribution in [0.1, 0.15) is 12.8 Å². The predicted octanol–water partition coefficient (Wildman–Crippen LogP) is 1.39. The van der Waals surface area contributed by atoms with Crippen molar-refractivity contribution in [3.8, 4) is 0 Å². The number of hydrogen-bond acceptors (Lipinski definition) is 2. The lowest BCUT2D eigenvalue weighted by Gasteiger charge is -2.24. The fraction of sp³-hybridized carbons (Fsp3) is 0.875. The molecule has 4 unspecified atom stereocenters. The number of fused-ring (bicyclic) bond motifs is 3. The van der Waals surface area contributed by atoms with Crippen LogP contribution in [0.4, 0.5) is 0 Å². The summed E-state index contributed by atoms with van der Waals surface area (Å²) in [5.74, 6) is 8.41. The molecule has 0 saturated heterocycles. The Morgan fingerprint density at radius 1 is 0.556 bits per heavy atom. The molecule has 8 fully saturated rings. The molecule has 0 N–H and O–H groups in total. The van der Waals surface area contributed by atoms with Crippen molar-refractivity contribution in [1.82, 2.24) is 0 Å². The molecule has 0 aromatic carbocycles. The van der Waals surface area contributed by atoms with Gasteiger partial charge in [0.05, 0.1) is 0 Å². The first-order valence-corrected chi connectivity index (χ1v) is 7.87. The standard InChI is InChI=1S/C16H16O2/c17-15-13-7-3-1-4(3)8-11(7)12-9(13)5-2-6(5)10(12)14(8)16(15)18/h3-14H,1-2H2/t3-,4-,5-,6+,7-,8-,9+,10+,11?,12?,13?,14?/m0/s1. The van der Waals surface area contributed by atoms with Crippen LogP contribution >= 0.6 is 0 Å². The van der Waals surface area contributed by atoms with Crippen LogP contribution < -0.4 is 0 Å². The molecule has 2 nitrogen and oxygen atoms in total. The first-order valence-electron chi connectivity index (χ1n) is 7.87. The summed E-state index contributed by atoms with van der Waals surface area (Å²) in [5.41, 5.74) is 0. The molecule has 18 heavy (non-hydrogen) atoms. The first-order chi connectivity index (χ1) is 8.79. The smallest absolute Gasteiger partial charge is 0.202 e. The number of ketones is 2. The summed E-state index contributed by atoms with van der Waals surface area (Å²) in [7, 11) is 0. The van der Waals surface area contributed by atoms with E-state index in [0.29, 0.717) is 23.7 Å². The van der Waals surface area contributed by atoms with E-state index in [0.717, 1.165) is 35.5 Å². The quantitative estimate of drug-likeness (QED) is 0.600. The van der Waals surface area contributed by atoms with Gasteiger partial charge in [0.15, 0.2) is 0 Å². The highest BCUT2D eigenvalue weighted by Gasteiger charge is 2.85. The van der Waals surface area contributed by atoms with Gasteiger partial charge in [-0.05, 0) is 72.0 Å². The molecule has 0 amide bonds. The molecule has 0 spiro atoms. The Morgan fingerprint density at radius 3 is 1.22 bits per heavy atom. The second-order valence-electron chi connectivity index (χ2n) is 8.37. The van der Waals surface area contributed by atoms with Gasteiger partial charge < -0.3 is 0 Å². The third-order valence-electron chi connectivity index (χ3n) is 8.49. The van der Waals surface area contributed by atoms with Gasteiger partial charge >= 0.3 is 0 Å². The normalized spacial score (nSPS) is 78.9. The fourth-order valence-corrected chi connectivity index (χ4v) is 8.49. The van der Waals surface area contributed by atoms with Gasteiger partial charge in [-0.15, -0.1) is 0 Å². The van der Waals surface area contributed by atoms with Crippen molar-refractivity contribution in [3.05, 3.63) is 0 Å². The van der Waals surface area contributed by atoms with Crippen molar-refractivity contribution < 1.29 is 9.59 Å². The topological polar surface area (TPSA) is 34.1 Å². The molecule has 12 atom stereocenters. The molecule has 0 aromatic heterocycles. The zero-order chi connectivity index (χ0) is 11.5. The lowest BCUT2D eigenvalue weighted by Crippen LogP contribution is -2.37. The second kappa shape index (κ2) is 2.05. The van der Waals surface area contributed by atoms with E-state index in [2.05, 4.69) is 0 Å². The van der Waals surface area contributed by atoms with Crippen molar-refractivity contribution in [1.29, 1.82) is 0 Å². The predicted molar refractivity (Wildman–Crippen MR) is 61.1 cm³/mol. The third-order valence-corrected chi connectivity index (χ3v) is 8.49. The van der Waals surface area contributed by atoms with Crippen LogP contribution in [0.2, 0.25) is 0 Å². The van der Waals surface area contributed by atoms with Gasteiger partial charge in [0.25, 0.3) is 0 Å². The average Bonchev–Trinajstić information content (AvgIpc) is 3.19. The number of hydrogen-bond donors (Lipinski definition) is 0. The second-order valence-corrected chi connectivity index (χ2v) is 8.37. The molecule has 8 rings (SSSR count). The van der Waals surface area contributed by atoms with Crippen molar-refractivity contribution >= 4 is 11.6 Å². The van der Waals surface area contributed by atoms with Crippen molar-refractivity contribution in [2.75, 3.05) is 0 Å². The Balaban J connectivity index is 1.61. The summed E-state index contributed by atoms with van der Waals surface area (Å²) in [4.78, 5) is 25.2. The Morgan fingerprint density at radius 2 is 0.889 bits per heavy atom. The van der Waals surface area contributed by atoms with Gasteiger partial charge in [-0.1, -0.05) is 0 Å². The van der Waals surface area contributed by atoms with Gasteiger partial charge in [0, 0.05) is 11.8 Å². The molecule has 8 aliphatic carbocycles. The summed E-state index contributed by atoms with van der Waals surface area (Å²) in [5, 5.41) is 0. The maximum atomic E-state index is 12.6. The highest BCUT2D eigenvalue weighted by molar-refractivity contribution is 6.39. The lowest BCUT2D eigenvalue weighted by molar-refractivity contribution is -0.143. The number of rotatable bonds is 0. The molecule has 0 radical (unpaired) electrons. The van der Waals surface area contributed by atoms with Crippen LogP contribution in [0.3, 0.4) is 0 Å². The van der Waals surface area contributed by atoms with E-state index in [-0.39, 0.29) is 23.4 Å². The third kappa shape index (κ3) is 0.556. The van der Waals surface area contributed by atoms with Gasteiger partial charge in [0.2, 0.25) is 11.6 Å². The molecule has 0 aromatic rings. The summed E-state index contributed by atoms with van der Waals surface area (Å²) in [6.45, 7) is 0. The highest BCUT2D eigenvalue weighted by Crippen LogP contribution is 2.86. The van der Waals surface area contributed by atoms with Crippen molar-refractivity contribution in [3.63, 3.8) is 0 Å². The van der Waals surface area contributed by atoms with E-state index < -0.39 is 0 Å². The molecule has 8 aliphatic rings. The fourth-order valence-electron chi connectivity index (χ4n) is 8.49. The largest absolute Gasteiger partial charge is 0.291 e. The Kier molecular flexibility index (Phi) is 0.967. The summed E-state index contributed by atoms with van der Waals surface area (Å²) < 4.78 is 0. The number of carbonyl (C=O) groups is 2. The van der Waals surface area contributed by atoms with Crippen LogP contribution in [0, 0.1) is 71.0 Å².